The van der Waals surface area contributed by atoms with Gasteiger partial charge in [0.25, 0.3) is 0 Å². The molecule has 4 nitrogen and oxygen atoms in total. The maximum Gasteiger partial charge on any atom is 0.160 e. The topological polar surface area (TPSA) is 66.8 Å². The summed E-state index contributed by atoms with van der Waals surface area (Å²) in [5, 5.41) is 18.7. The number of aromatic hydroxyl groups is 2. The van der Waals surface area contributed by atoms with Crippen LogP contribution in [0.1, 0.15) is 11.1 Å². The van der Waals surface area contributed by atoms with Crippen molar-refractivity contribution < 1.29 is 19.7 Å². The van der Waals surface area contributed by atoms with Crippen molar-refractivity contribution in [3.8, 4) is 17.2 Å². The molecule has 2 aromatic rings. The Bertz CT molecular complexity index is 602. The highest BCUT2D eigenvalue weighted by atomic mass is 16.5. The molecule has 2 aromatic carbocycles. The quantitative estimate of drug-likeness (QED) is 0.877. The predicted molar refractivity (Wildman–Crippen MR) is 75.2 cm³/mol. The molecule has 0 radical (unpaired) electrons. The molecule has 104 valence electrons. The summed E-state index contributed by atoms with van der Waals surface area (Å²) < 4.78 is 5.01. The van der Waals surface area contributed by atoms with Gasteiger partial charge >= 0.3 is 0 Å². The van der Waals surface area contributed by atoms with Crippen LogP contribution in [0, 0.1) is 0 Å². The van der Waals surface area contributed by atoms with Crippen LogP contribution in [-0.2, 0) is 17.6 Å². The average Bonchev–Trinajstić information content (AvgIpc) is 2.43. The first-order valence-electron chi connectivity index (χ1n) is 6.24. The Balaban J connectivity index is 2.02. The zero-order chi connectivity index (χ0) is 14.5. The van der Waals surface area contributed by atoms with Gasteiger partial charge in [-0.25, -0.2) is 0 Å². The minimum absolute atomic E-state index is 0.0576. The molecule has 0 amide bonds. The largest absolute Gasteiger partial charge is 0.508 e. The third-order valence-corrected chi connectivity index (χ3v) is 2.98. The highest BCUT2D eigenvalue weighted by molar-refractivity contribution is 5.83. The van der Waals surface area contributed by atoms with Gasteiger partial charge in [-0.1, -0.05) is 18.2 Å². The van der Waals surface area contributed by atoms with Crippen LogP contribution < -0.4 is 4.74 Å². The number of methoxy groups -OCH3 is 1. The average molecular weight is 272 g/mol. The summed E-state index contributed by atoms with van der Waals surface area (Å²) >= 11 is 0. The van der Waals surface area contributed by atoms with Crippen molar-refractivity contribution in [1.82, 2.24) is 0 Å². The van der Waals surface area contributed by atoms with E-state index < -0.39 is 0 Å². The fourth-order valence-corrected chi connectivity index (χ4v) is 1.96. The second-order valence-electron chi connectivity index (χ2n) is 4.56. The molecular weight excluding hydrogens is 256 g/mol. The number of hydrogen-bond donors (Lipinski definition) is 2. The Morgan fingerprint density at radius 1 is 1.00 bits per heavy atom. The molecule has 2 rings (SSSR count). The number of ether oxygens (including phenoxy) is 1. The molecule has 0 aliphatic rings. The Morgan fingerprint density at radius 2 is 1.60 bits per heavy atom. The van der Waals surface area contributed by atoms with Crippen molar-refractivity contribution in [2.24, 2.45) is 0 Å². The fourth-order valence-electron chi connectivity index (χ4n) is 1.96. The van der Waals surface area contributed by atoms with Crippen LogP contribution in [0.4, 0.5) is 0 Å². The van der Waals surface area contributed by atoms with Crippen LogP contribution in [-0.4, -0.2) is 23.1 Å². The fraction of sp³-hybridized carbons (Fsp3) is 0.188. The molecule has 4 heteroatoms. The van der Waals surface area contributed by atoms with Gasteiger partial charge in [-0.3, -0.25) is 4.79 Å². The summed E-state index contributed by atoms with van der Waals surface area (Å²) in [6.45, 7) is 0. The van der Waals surface area contributed by atoms with Crippen LogP contribution in [0.5, 0.6) is 17.2 Å². The van der Waals surface area contributed by atoms with Gasteiger partial charge < -0.3 is 14.9 Å². The second-order valence-corrected chi connectivity index (χ2v) is 4.56. The molecule has 0 saturated heterocycles. The van der Waals surface area contributed by atoms with E-state index in [1.54, 1.807) is 36.4 Å². The lowest BCUT2D eigenvalue weighted by molar-refractivity contribution is -0.117. The van der Waals surface area contributed by atoms with Gasteiger partial charge in [0, 0.05) is 12.8 Å². The molecule has 2 N–H and O–H groups in total. The number of hydrogen-bond acceptors (Lipinski definition) is 4. The van der Waals surface area contributed by atoms with Crippen molar-refractivity contribution >= 4 is 5.78 Å². The van der Waals surface area contributed by atoms with Gasteiger partial charge in [-0.15, -0.1) is 0 Å². The Morgan fingerprint density at radius 3 is 2.25 bits per heavy atom. The highest BCUT2D eigenvalue weighted by Gasteiger charge is 2.08. The molecule has 0 aliphatic heterocycles. The number of benzene rings is 2. The van der Waals surface area contributed by atoms with E-state index in [1.807, 2.05) is 0 Å². The van der Waals surface area contributed by atoms with Crippen molar-refractivity contribution in [1.29, 1.82) is 0 Å². The van der Waals surface area contributed by atoms with E-state index in [9.17, 15) is 15.0 Å². The minimum atomic E-state index is 0.0576. The van der Waals surface area contributed by atoms with Crippen LogP contribution in [0.15, 0.2) is 42.5 Å². The SMILES string of the molecule is COc1cc(CC(=O)Cc2ccc(O)cc2)ccc1O. The number of Topliss-reactive ketones (excluding diaryl/α,β-unsaturated/α-hetero) is 1. The first-order valence-corrected chi connectivity index (χ1v) is 6.24. The molecule has 0 atom stereocenters. The smallest absolute Gasteiger partial charge is 0.160 e. The molecule has 0 bridgehead atoms. The van der Waals surface area contributed by atoms with Gasteiger partial charge in [0.05, 0.1) is 7.11 Å². The van der Waals surface area contributed by atoms with Gasteiger partial charge in [-0.05, 0) is 35.4 Å². The van der Waals surface area contributed by atoms with Gasteiger partial charge in [-0.2, -0.15) is 0 Å². The number of carbonyl (C=O) groups excluding carboxylic acids is 1. The molecule has 20 heavy (non-hydrogen) atoms. The lowest BCUT2D eigenvalue weighted by Crippen LogP contribution is -2.06. The lowest BCUT2D eigenvalue weighted by Gasteiger charge is -2.06. The minimum Gasteiger partial charge on any atom is -0.508 e. The van der Waals surface area contributed by atoms with E-state index in [0.29, 0.717) is 12.2 Å². The number of carbonyl (C=O) groups is 1. The first kappa shape index (κ1) is 13.9. The van der Waals surface area contributed by atoms with Gasteiger partial charge in [0.15, 0.2) is 11.5 Å². The third kappa shape index (κ3) is 3.51. The predicted octanol–water partition coefficient (Wildman–Crippen LogP) is 2.46. The molecule has 0 fully saturated rings. The molecule has 0 unspecified atom stereocenters. The molecule has 0 heterocycles. The normalized spacial score (nSPS) is 10.2. The molecule has 0 saturated carbocycles. The maximum absolute atomic E-state index is 12.0. The number of phenols is 2. The van der Waals surface area contributed by atoms with Crippen molar-refractivity contribution in [2.45, 2.75) is 12.8 Å². The Hall–Kier alpha value is -2.49. The van der Waals surface area contributed by atoms with Gasteiger partial charge in [0.2, 0.25) is 0 Å². The van der Waals surface area contributed by atoms with Crippen LogP contribution >= 0.6 is 0 Å². The second kappa shape index (κ2) is 6.10. The Kier molecular flexibility index (Phi) is 4.25. The molecule has 0 aliphatic carbocycles. The third-order valence-electron chi connectivity index (χ3n) is 2.98. The monoisotopic (exact) mass is 272 g/mol. The Labute approximate surface area is 117 Å². The molecular formula is C16H16O4. The maximum atomic E-state index is 12.0. The number of phenolic OH excluding ortho intramolecular Hbond substituents is 2. The van der Waals surface area contributed by atoms with Crippen molar-refractivity contribution in [3.05, 3.63) is 53.6 Å². The number of ketones is 1. The van der Waals surface area contributed by atoms with Crippen LogP contribution in [0.3, 0.4) is 0 Å². The van der Waals surface area contributed by atoms with Crippen LogP contribution in [0.2, 0.25) is 0 Å². The standard InChI is InChI=1S/C16H16O4/c1-20-16-10-12(4-7-15(16)19)9-14(18)8-11-2-5-13(17)6-3-11/h2-7,10,17,19H,8-9H2,1H3. The zero-order valence-electron chi connectivity index (χ0n) is 11.2. The zero-order valence-corrected chi connectivity index (χ0v) is 11.2. The van der Waals surface area contributed by atoms with E-state index in [0.717, 1.165) is 11.1 Å². The summed E-state index contributed by atoms with van der Waals surface area (Å²) in [6.07, 6.45) is 0.584. The van der Waals surface area contributed by atoms with Crippen molar-refractivity contribution in [2.75, 3.05) is 7.11 Å². The van der Waals surface area contributed by atoms with E-state index in [4.69, 9.17) is 4.74 Å². The summed E-state index contributed by atoms with van der Waals surface area (Å²) in [5.74, 6) is 0.662. The summed E-state index contributed by atoms with van der Waals surface area (Å²) in [4.78, 5) is 12.0. The molecule has 0 aromatic heterocycles. The van der Waals surface area contributed by atoms with E-state index >= 15 is 0 Å². The van der Waals surface area contributed by atoms with Crippen molar-refractivity contribution in [3.63, 3.8) is 0 Å². The van der Waals surface area contributed by atoms with Crippen LogP contribution in [0.25, 0.3) is 0 Å². The number of rotatable bonds is 5. The van der Waals surface area contributed by atoms with E-state index in [-0.39, 0.29) is 23.7 Å². The summed E-state index contributed by atoms with van der Waals surface area (Å²) in [6, 6.07) is 11.5. The first-order chi connectivity index (χ1) is 9.58. The summed E-state index contributed by atoms with van der Waals surface area (Å²) in [5.41, 5.74) is 1.65. The molecule has 0 spiro atoms. The van der Waals surface area contributed by atoms with E-state index in [1.165, 1.54) is 13.2 Å². The van der Waals surface area contributed by atoms with E-state index in [2.05, 4.69) is 0 Å². The summed E-state index contributed by atoms with van der Waals surface area (Å²) in [7, 11) is 1.47. The van der Waals surface area contributed by atoms with Gasteiger partial charge in [0.1, 0.15) is 11.5 Å². The highest BCUT2D eigenvalue weighted by Crippen LogP contribution is 2.26. The lowest BCUT2D eigenvalue weighted by atomic mass is 10.0.